The molecule has 420 valence electrons. The van der Waals surface area contributed by atoms with Crippen LogP contribution in [-0.2, 0) is 28.6 Å². The smallest absolute Gasteiger partial charge is 0.306 e. The lowest BCUT2D eigenvalue weighted by molar-refractivity contribution is -0.167. The number of carbonyl (C=O) groups is 3. The molecule has 0 fully saturated rings. The summed E-state index contributed by atoms with van der Waals surface area (Å²) in [4.78, 5) is 38.1. The molecule has 0 amide bonds. The van der Waals surface area contributed by atoms with E-state index in [0.29, 0.717) is 19.3 Å². The van der Waals surface area contributed by atoms with E-state index in [9.17, 15) is 14.4 Å². The Bertz CT molecular complexity index is 1250. The average Bonchev–Trinajstić information content (AvgIpc) is 3.38. The molecule has 0 aliphatic heterocycles. The maximum Gasteiger partial charge on any atom is 0.306 e. The van der Waals surface area contributed by atoms with Gasteiger partial charge in [-0.25, -0.2) is 0 Å². The third-order valence-corrected chi connectivity index (χ3v) is 14.1. The second kappa shape index (κ2) is 60.9. The van der Waals surface area contributed by atoms with E-state index in [1.165, 1.54) is 212 Å². The summed E-state index contributed by atoms with van der Waals surface area (Å²) in [6.07, 6.45) is 75.7. The number of rotatable bonds is 58. The molecule has 0 aromatic rings. The van der Waals surface area contributed by atoms with Crippen molar-refractivity contribution in [2.24, 2.45) is 0 Å². The first kappa shape index (κ1) is 69.4. The Morgan fingerprint density at radius 2 is 0.542 bits per heavy atom. The van der Waals surface area contributed by atoms with Crippen LogP contribution >= 0.6 is 0 Å². The minimum Gasteiger partial charge on any atom is -0.462 e. The number of hydrogen-bond donors (Lipinski definition) is 0. The summed E-state index contributed by atoms with van der Waals surface area (Å²) in [7, 11) is 0. The molecule has 0 aliphatic carbocycles. The highest BCUT2D eigenvalue weighted by Gasteiger charge is 2.19. The minimum atomic E-state index is -0.765. The van der Waals surface area contributed by atoms with Crippen LogP contribution in [0.1, 0.15) is 335 Å². The first-order chi connectivity index (χ1) is 35.5. The highest BCUT2D eigenvalue weighted by molar-refractivity contribution is 5.71. The molecule has 0 aromatic heterocycles. The molecule has 1 unspecified atom stereocenters. The molecular formula is C66H120O6. The van der Waals surface area contributed by atoms with Gasteiger partial charge in [-0.05, 0) is 57.8 Å². The molecule has 0 aromatic carbocycles. The van der Waals surface area contributed by atoms with Crippen molar-refractivity contribution >= 4 is 17.9 Å². The fourth-order valence-electron chi connectivity index (χ4n) is 9.38. The summed E-state index contributed by atoms with van der Waals surface area (Å²) in [5.41, 5.74) is 0. The van der Waals surface area contributed by atoms with Gasteiger partial charge in [0, 0.05) is 19.3 Å². The topological polar surface area (TPSA) is 78.9 Å². The Balaban J connectivity index is 4.02. The zero-order valence-electron chi connectivity index (χ0n) is 48.2. The lowest BCUT2D eigenvalue weighted by Crippen LogP contribution is -2.30. The Hall–Kier alpha value is -2.63. The molecule has 0 saturated heterocycles. The molecule has 0 bridgehead atoms. The van der Waals surface area contributed by atoms with Crippen LogP contribution in [0.2, 0.25) is 0 Å². The van der Waals surface area contributed by atoms with Gasteiger partial charge >= 0.3 is 17.9 Å². The van der Waals surface area contributed by atoms with Gasteiger partial charge in [0.05, 0.1) is 0 Å². The second-order valence-electron chi connectivity index (χ2n) is 21.3. The van der Waals surface area contributed by atoms with E-state index in [1.54, 1.807) is 0 Å². The van der Waals surface area contributed by atoms with Crippen LogP contribution in [0.15, 0.2) is 48.6 Å². The first-order valence-electron chi connectivity index (χ1n) is 31.6. The fraction of sp³-hybridized carbons (Fsp3) is 0.833. The highest BCUT2D eigenvalue weighted by Crippen LogP contribution is 2.18. The number of unbranched alkanes of at least 4 members (excludes halogenated alkanes) is 39. The predicted octanol–water partition coefficient (Wildman–Crippen LogP) is 21.4. The van der Waals surface area contributed by atoms with Gasteiger partial charge in [-0.15, -0.1) is 0 Å². The van der Waals surface area contributed by atoms with Crippen molar-refractivity contribution in [2.75, 3.05) is 13.2 Å². The quantitative estimate of drug-likeness (QED) is 0.0261. The van der Waals surface area contributed by atoms with Crippen molar-refractivity contribution in [3.8, 4) is 0 Å². The fourth-order valence-corrected chi connectivity index (χ4v) is 9.38. The monoisotopic (exact) mass is 1010 g/mol. The first-order valence-corrected chi connectivity index (χ1v) is 31.6. The standard InChI is InChI=1S/C66H120O6/c1-4-7-10-13-16-19-21-23-25-26-27-28-29-30-31-32-33-34-35-36-37-38-39-40-42-43-45-47-50-53-56-59-65(68)71-62-63(61-70-64(67)58-55-52-49-18-15-12-9-6-3)72-66(69)60-57-54-51-48-46-44-41-24-22-20-17-14-11-8-5-2/h7,10,16,19,23,25,27-28,63H,4-6,8-9,11-15,17-18,20-22,24,26,29-62H2,1-3H3/b10-7-,19-16-,25-23-,28-27-. The van der Waals surface area contributed by atoms with Gasteiger partial charge < -0.3 is 14.2 Å². The van der Waals surface area contributed by atoms with Crippen LogP contribution in [-0.4, -0.2) is 37.2 Å². The molecule has 0 heterocycles. The van der Waals surface area contributed by atoms with Crippen LogP contribution in [0.5, 0.6) is 0 Å². The van der Waals surface area contributed by atoms with Crippen LogP contribution in [0.25, 0.3) is 0 Å². The Labute approximate surface area is 448 Å². The van der Waals surface area contributed by atoms with Crippen LogP contribution < -0.4 is 0 Å². The molecule has 0 rings (SSSR count). The van der Waals surface area contributed by atoms with Gasteiger partial charge in [-0.2, -0.15) is 0 Å². The lowest BCUT2D eigenvalue weighted by Gasteiger charge is -2.18. The number of esters is 3. The summed E-state index contributed by atoms with van der Waals surface area (Å²) in [5, 5.41) is 0. The van der Waals surface area contributed by atoms with Crippen molar-refractivity contribution in [3.05, 3.63) is 48.6 Å². The molecule has 1 atom stereocenters. The normalized spacial score (nSPS) is 12.3. The second-order valence-corrected chi connectivity index (χ2v) is 21.3. The molecule has 0 N–H and O–H groups in total. The van der Waals surface area contributed by atoms with Gasteiger partial charge in [0.2, 0.25) is 0 Å². The van der Waals surface area contributed by atoms with E-state index in [0.717, 1.165) is 83.5 Å². The summed E-state index contributed by atoms with van der Waals surface area (Å²) in [6.45, 7) is 6.55. The summed E-state index contributed by atoms with van der Waals surface area (Å²) >= 11 is 0. The number of ether oxygens (including phenoxy) is 3. The minimum absolute atomic E-state index is 0.0664. The molecule has 0 saturated carbocycles. The maximum absolute atomic E-state index is 12.8. The molecule has 0 radical (unpaired) electrons. The van der Waals surface area contributed by atoms with Gasteiger partial charge in [0.1, 0.15) is 13.2 Å². The molecule has 6 nitrogen and oxygen atoms in total. The van der Waals surface area contributed by atoms with Gasteiger partial charge in [-0.1, -0.05) is 307 Å². The third-order valence-electron chi connectivity index (χ3n) is 14.1. The zero-order chi connectivity index (χ0) is 52.2. The Kier molecular flexibility index (Phi) is 58.7. The van der Waals surface area contributed by atoms with Gasteiger partial charge in [0.15, 0.2) is 6.10 Å². The van der Waals surface area contributed by atoms with Crippen molar-refractivity contribution in [2.45, 2.75) is 341 Å². The van der Waals surface area contributed by atoms with E-state index in [1.807, 2.05) is 0 Å². The van der Waals surface area contributed by atoms with Crippen molar-refractivity contribution in [1.82, 2.24) is 0 Å². The SMILES string of the molecule is CC/C=C\C/C=C\C/C=C\C/C=C\CCCCCCCCCCCCCCCCCCCCC(=O)OCC(COC(=O)CCCCCCCCCC)OC(=O)CCCCCCCCCCCCCCCCC. The van der Waals surface area contributed by atoms with Crippen molar-refractivity contribution in [1.29, 1.82) is 0 Å². The largest absolute Gasteiger partial charge is 0.462 e. The Morgan fingerprint density at radius 1 is 0.292 bits per heavy atom. The summed E-state index contributed by atoms with van der Waals surface area (Å²) in [6, 6.07) is 0. The van der Waals surface area contributed by atoms with Crippen LogP contribution in [0.4, 0.5) is 0 Å². The maximum atomic E-state index is 12.8. The van der Waals surface area contributed by atoms with Gasteiger partial charge in [-0.3, -0.25) is 14.4 Å². The third kappa shape index (κ3) is 58.3. The zero-order valence-corrected chi connectivity index (χ0v) is 48.2. The summed E-state index contributed by atoms with van der Waals surface area (Å²) < 4.78 is 16.8. The van der Waals surface area contributed by atoms with Gasteiger partial charge in [0.25, 0.3) is 0 Å². The predicted molar refractivity (Wildman–Crippen MR) is 312 cm³/mol. The molecule has 72 heavy (non-hydrogen) atoms. The number of carbonyl (C=O) groups excluding carboxylic acids is 3. The summed E-state index contributed by atoms with van der Waals surface area (Å²) in [5.74, 6) is -0.849. The number of allylic oxidation sites excluding steroid dienone is 8. The van der Waals surface area contributed by atoms with E-state index >= 15 is 0 Å². The van der Waals surface area contributed by atoms with E-state index in [4.69, 9.17) is 14.2 Å². The molecule has 0 aliphatic rings. The van der Waals surface area contributed by atoms with Crippen molar-refractivity contribution < 1.29 is 28.6 Å². The van der Waals surface area contributed by atoms with E-state index in [2.05, 4.69) is 69.4 Å². The molecular weight excluding hydrogens is 889 g/mol. The number of hydrogen-bond acceptors (Lipinski definition) is 6. The average molecular weight is 1010 g/mol. The van der Waals surface area contributed by atoms with E-state index in [-0.39, 0.29) is 31.1 Å². The van der Waals surface area contributed by atoms with E-state index < -0.39 is 6.10 Å². The lowest BCUT2D eigenvalue weighted by atomic mass is 10.0. The van der Waals surface area contributed by atoms with Crippen LogP contribution in [0.3, 0.4) is 0 Å². The highest BCUT2D eigenvalue weighted by atomic mass is 16.6. The van der Waals surface area contributed by atoms with Crippen LogP contribution in [0, 0.1) is 0 Å². The molecule has 6 heteroatoms. The van der Waals surface area contributed by atoms with Crippen molar-refractivity contribution in [3.63, 3.8) is 0 Å². The Morgan fingerprint density at radius 3 is 0.847 bits per heavy atom. The molecule has 0 spiro atoms.